The van der Waals surface area contributed by atoms with E-state index in [1.165, 1.54) is 12.0 Å². The molecule has 0 aliphatic carbocycles. The van der Waals surface area contributed by atoms with Crippen LogP contribution in [0.25, 0.3) is 0 Å². The highest BCUT2D eigenvalue weighted by molar-refractivity contribution is 5.82. The number of carboxylic acid groups (broad SMARTS) is 1. The van der Waals surface area contributed by atoms with Crippen molar-refractivity contribution in [1.29, 1.82) is 0 Å². The average Bonchev–Trinajstić information content (AvgIpc) is 2.64. The molecule has 7 heteroatoms. The van der Waals surface area contributed by atoms with Crippen LogP contribution in [0, 0.1) is 0 Å². The van der Waals surface area contributed by atoms with Crippen LogP contribution in [-0.4, -0.2) is 65.6 Å². The van der Waals surface area contributed by atoms with E-state index >= 15 is 0 Å². The van der Waals surface area contributed by atoms with Crippen LogP contribution in [0.5, 0.6) is 0 Å². The first-order chi connectivity index (χ1) is 8.35. The minimum absolute atomic E-state index is 0.210. The maximum Gasteiger partial charge on any atom is 0.326 e. The Morgan fingerprint density at radius 3 is 2.67 bits per heavy atom. The van der Waals surface area contributed by atoms with E-state index in [1.54, 1.807) is 6.92 Å². The number of carbonyl (C=O) groups is 2. The Hall–Kier alpha value is -1.34. The summed E-state index contributed by atoms with van der Waals surface area (Å²) in [6.45, 7) is 2.56. The molecule has 0 spiro atoms. The fourth-order valence-electron chi connectivity index (χ4n) is 1.85. The summed E-state index contributed by atoms with van der Waals surface area (Å²) in [4.78, 5) is 24.2. The number of nitrogens with zero attached hydrogens (tertiary/aromatic N) is 1. The first kappa shape index (κ1) is 14.7. The van der Waals surface area contributed by atoms with Gasteiger partial charge in [0.25, 0.3) is 0 Å². The minimum atomic E-state index is -1.09. The van der Waals surface area contributed by atoms with E-state index in [-0.39, 0.29) is 19.6 Å². The van der Waals surface area contributed by atoms with E-state index in [0.29, 0.717) is 13.0 Å². The highest BCUT2D eigenvalue weighted by Crippen LogP contribution is 2.20. The summed E-state index contributed by atoms with van der Waals surface area (Å²) >= 11 is 0. The van der Waals surface area contributed by atoms with Gasteiger partial charge < -0.3 is 25.2 Å². The molecule has 0 aromatic carbocycles. The summed E-state index contributed by atoms with van der Waals surface area (Å²) in [5.41, 5.74) is -0.886. The Morgan fingerprint density at radius 1 is 1.56 bits per heavy atom. The van der Waals surface area contributed by atoms with Crippen LogP contribution in [-0.2, 0) is 9.53 Å². The van der Waals surface area contributed by atoms with Crippen LogP contribution >= 0.6 is 0 Å². The number of β-amino-alcohol motifs (C(OH)–C–C–N with tert-alkyl or cyclic N) is 1. The molecular weight excluding hydrogens is 240 g/mol. The number of carbonyl (C=O) groups excluding carboxylic acids is 1. The first-order valence-corrected chi connectivity index (χ1v) is 5.85. The smallest absolute Gasteiger partial charge is 0.326 e. The molecule has 1 saturated heterocycles. The topological polar surface area (TPSA) is 99.1 Å². The highest BCUT2D eigenvalue weighted by atomic mass is 16.5. The third-order valence-electron chi connectivity index (χ3n) is 2.95. The molecule has 1 aliphatic heterocycles. The van der Waals surface area contributed by atoms with E-state index < -0.39 is 23.6 Å². The lowest BCUT2D eigenvalue weighted by atomic mass is 10.1. The third kappa shape index (κ3) is 4.15. The van der Waals surface area contributed by atoms with Crippen LogP contribution < -0.4 is 5.32 Å². The number of hydrogen-bond donors (Lipinski definition) is 3. The minimum Gasteiger partial charge on any atom is -0.480 e. The van der Waals surface area contributed by atoms with Gasteiger partial charge in [-0.1, -0.05) is 0 Å². The monoisotopic (exact) mass is 260 g/mol. The molecule has 2 atom stereocenters. The molecule has 1 rings (SSSR count). The average molecular weight is 260 g/mol. The van der Waals surface area contributed by atoms with Gasteiger partial charge in [0.1, 0.15) is 6.04 Å². The van der Waals surface area contributed by atoms with Crippen LogP contribution in [0.3, 0.4) is 0 Å². The second kappa shape index (κ2) is 6.01. The van der Waals surface area contributed by atoms with Crippen molar-refractivity contribution in [3.63, 3.8) is 0 Å². The summed E-state index contributed by atoms with van der Waals surface area (Å²) in [6, 6.07) is -1.43. The molecule has 7 nitrogen and oxygen atoms in total. The molecule has 0 saturated carbocycles. The molecule has 0 radical (unpaired) electrons. The fourth-order valence-corrected chi connectivity index (χ4v) is 1.85. The Bertz CT molecular complexity index is 319. The number of aliphatic carboxylic acids is 1. The van der Waals surface area contributed by atoms with Crippen LogP contribution in [0.4, 0.5) is 4.79 Å². The molecule has 1 aliphatic rings. The molecule has 3 N–H and O–H groups in total. The molecule has 2 unspecified atom stereocenters. The van der Waals surface area contributed by atoms with Crippen molar-refractivity contribution in [2.24, 2.45) is 0 Å². The van der Waals surface area contributed by atoms with Crippen LogP contribution in [0.2, 0.25) is 0 Å². The van der Waals surface area contributed by atoms with Gasteiger partial charge in [0.05, 0.1) is 12.1 Å². The number of likely N-dealkylation sites (tertiary alicyclic amines) is 1. The zero-order valence-electron chi connectivity index (χ0n) is 10.7. The number of rotatable bonds is 5. The second-order valence-electron chi connectivity index (χ2n) is 4.79. The summed E-state index contributed by atoms with van der Waals surface area (Å²) in [5.74, 6) is -1.09. The Balaban J connectivity index is 2.49. The first-order valence-electron chi connectivity index (χ1n) is 5.85. The van der Waals surface area contributed by atoms with Gasteiger partial charge in [-0.25, -0.2) is 9.59 Å². The fraction of sp³-hybridized carbons (Fsp3) is 0.818. The van der Waals surface area contributed by atoms with Gasteiger partial charge in [-0.05, 0) is 13.3 Å². The van der Waals surface area contributed by atoms with Crippen molar-refractivity contribution in [2.75, 3.05) is 26.8 Å². The number of aliphatic hydroxyl groups is 1. The van der Waals surface area contributed by atoms with Gasteiger partial charge in [-0.3, -0.25) is 0 Å². The molecule has 1 fully saturated rings. The molecule has 104 valence electrons. The molecule has 1 heterocycles. The molecule has 18 heavy (non-hydrogen) atoms. The largest absolute Gasteiger partial charge is 0.480 e. The van der Waals surface area contributed by atoms with Crippen molar-refractivity contribution in [2.45, 2.75) is 31.4 Å². The Labute approximate surface area is 106 Å². The molecule has 0 aromatic heterocycles. The number of urea groups is 1. The molecule has 0 aromatic rings. The lowest BCUT2D eigenvalue weighted by molar-refractivity contribution is -0.139. The normalized spacial score (nSPS) is 24.9. The van der Waals surface area contributed by atoms with Crippen molar-refractivity contribution in [1.82, 2.24) is 10.2 Å². The number of nitrogens with one attached hydrogen (secondary N) is 1. The van der Waals surface area contributed by atoms with Gasteiger partial charge in [-0.2, -0.15) is 0 Å². The summed E-state index contributed by atoms with van der Waals surface area (Å²) in [7, 11) is 1.47. The zero-order valence-corrected chi connectivity index (χ0v) is 10.7. The van der Waals surface area contributed by atoms with Crippen LogP contribution in [0.1, 0.15) is 19.8 Å². The number of ether oxygens (including phenoxy) is 1. The Morgan fingerprint density at radius 2 is 2.22 bits per heavy atom. The predicted molar refractivity (Wildman–Crippen MR) is 63.3 cm³/mol. The Kier molecular flexibility index (Phi) is 4.92. The van der Waals surface area contributed by atoms with E-state index in [4.69, 9.17) is 9.84 Å². The third-order valence-corrected chi connectivity index (χ3v) is 2.95. The van der Waals surface area contributed by atoms with Crippen LogP contribution in [0.15, 0.2) is 0 Å². The van der Waals surface area contributed by atoms with Crippen molar-refractivity contribution in [3.05, 3.63) is 0 Å². The summed E-state index contributed by atoms with van der Waals surface area (Å²) in [5, 5.41) is 21.1. The molecular formula is C11H20N2O5. The highest BCUT2D eigenvalue weighted by Gasteiger charge is 2.35. The van der Waals surface area contributed by atoms with E-state index in [0.717, 1.165) is 0 Å². The lowest BCUT2D eigenvalue weighted by Crippen LogP contribution is -2.48. The zero-order chi connectivity index (χ0) is 13.8. The predicted octanol–water partition coefficient (Wildman–Crippen LogP) is -0.358. The van der Waals surface area contributed by atoms with Crippen molar-refractivity contribution >= 4 is 12.0 Å². The van der Waals surface area contributed by atoms with Gasteiger partial charge in [0.15, 0.2) is 0 Å². The molecule has 2 amide bonds. The number of amides is 2. The quantitative estimate of drug-likeness (QED) is 0.627. The number of methoxy groups -OCH3 is 1. The summed E-state index contributed by atoms with van der Waals surface area (Å²) in [6.07, 6.45) is 0.706. The lowest BCUT2D eigenvalue weighted by Gasteiger charge is -2.22. The van der Waals surface area contributed by atoms with Crippen molar-refractivity contribution < 1.29 is 24.5 Å². The standard InChI is InChI=1S/C11H20N2O5/c1-11(17)4-5-13(7-11)10(16)12-8(9(14)15)3-6-18-2/h8,17H,3-7H2,1-2H3,(H,12,16)(H,14,15). The maximum absolute atomic E-state index is 11.8. The second-order valence-corrected chi connectivity index (χ2v) is 4.79. The van der Waals surface area contributed by atoms with Gasteiger partial charge >= 0.3 is 12.0 Å². The van der Waals surface area contributed by atoms with Gasteiger partial charge in [-0.15, -0.1) is 0 Å². The van der Waals surface area contributed by atoms with E-state index in [1.807, 2.05) is 0 Å². The van der Waals surface area contributed by atoms with Crippen molar-refractivity contribution in [3.8, 4) is 0 Å². The SMILES string of the molecule is COCCC(NC(=O)N1CCC(C)(O)C1)C(=O)O. The maximum atomic E-state index is 11.8. The number of hydrogen-bond acceptors (Lipinski definition) is 4. The molecule has 0 bridgehead atoms. The van der Waals surface area contributed by atoms with Gasteiger partial charge in [0, 0.05) is 26.7 Å². The summed E-state index contributed by atoms with van der Waals surface area (Å²) < 4.78 is 4.79. The van der Waals surface area contributed by atoms with E-state index in [9.17, 15) is 14.7 Å². The number of carboxylic acids is 1. The van der Waals surface area contributed by atoms with Gasteiger partial charge in [0.2, 0.25) is 0 Å². The van der Waals surface area contributed by atoms with E-state index in [2.05, 4.69) is 5.32 Å².